The van der Waals surface area contributed by atoms with Crippen LogP contribution in [0.15, 0.2) is 60.8 Å². The third kappa shape index (κ3) is 2.82. The van der Waals surface area contributed by atoms with Gasteiger partial charge in [0.1, 0.15) is 11.3 Å². The Labute approximate surface area is 188 Å². The highest BCUT2D eigenvalue weighted by Crippen LogP contribution is 2.56. The minimum Gasteiger partial charge on any atom is -0.497 e. The van der Waals surface area contributed by atoms with Gasteiger partial charge in [-0.1, -0.05) is 42.5 Å². The molecule has 164 valence electrons. The maximum atomic E-state index is 13.8. The minimum absolute atomic E-state index is 0.236. The first-order valence-electron chi connectivity index (χ1n) is 11.5. The van der Waals surface area contributed by atoms with Gasteiger partial charge in [0, 0.05) is 30.6 Å². The molecule has 6 nitrogen and oxygen atoms in total. The van der Waals surface area contributed by atoms with Crippen molar-refractivity contribution in [1.82, 2.24) is 20.0 Å². The Morgan fingerprint density at radius 1 is 1.19 bits per heavy atom. The predicted octanol–water partition coefficient (Wildman–Crippen LogP) is 4.02. The van der Waals surface area contributed by atoms with E-state index in [-0.39, 0.29) is 11.6 Å². The van der Waals surface area contributed by atoms with Crippen molar-refractivity contribution in [2.45, 2.75) is 37.4 Å². The number of hydrogen-bond acceptors (Lipinski definition) is 4. The second-order valence-electron chi connectivity index (χ2n) is 9.27. The molecule has 3 fully saturated rings. The van der Waals surface area contributed by atoms with Gasteiger partial charge in [-0.05, 0) is 49.1 Å². The van der Waals surface area contributed by atoms with E-state index in [0.717, 1.165) is 54.9 Å². The van der Waals surface area contributed by atoms with Crippen LogP contribution in [0.5, 0.6) is 5.75 Å². The maximum absolute atomic E-state index is 13.8. The second kappa shape index (κ2) is 7.48. The molecule has 1 N–H and O–H groups in total. The Morgan fingerprint density at radius 3 is 2.91 bits per heavy atom. The van der Waals surface area contributed by atoms with E-state index in [2.05, 4.69) is 50.3 Å². The van der Waals surface area contributed by atoms with Crippen molar-refractivity contribution in [2.75, 3.05) is 20.2 Å². The Balaban J connectivity index is 1.29. The van der Waals surface area contributed by atoms with Crippen LogP contribution >= 0.6 is 0 Å². The van der Waals surface area contributed by atoms with Gasteiger partial charge in [0.05, 0.1) is 19.0 Å². The highest BCUT2D eigenvalue weighted by molar-refractivity contribution is 5.90. The minimum atomic E-state index is -0.352. The van der Waals surface area contributed by atoms with Crippen molar-refractivity contribution in [3.05, 3.63) is 71.9 Å². The van der Waals surface area contributed by atoms with E-state index >= 15 is 0 Å². The fourth-order valence-electron chi connectivity index (χ4n) is 6.39. The maximum Gasteiger partial charge on any atom is 0.243 e. The van der Waals surface area contributed by atoms with Gasteiger partial charge in [0.25, 0.3) is 0 Å². The Bertz CT molecular complexity index is 1140. The van der Waals surface area contributed by atoms with Gasteiger partial charge in [-0.25, -0.2) is 0 Å². The van der Waals surface area contributed by atoms with Gasteiger partial charge in [-0.3, -0.25) is 14.8 Å². The zero-order valence-corrected chi connectivity index (χ0v) is 18.3. The van der Waals surface area contributed by atoms with Gasteiger partial charge in [-0.2, -0.15) is 5.10 Å². The summed E-state index contributed by atoms with van der Waals surface area (Å²) in [7, 11) is 1.68. The second-order valence-corrected chi connectivity index (χ2v) is 9.27. The number of rotatable bonds is 5. The number of carbonyl (C=O) groups excluding carboxylic acids is 1. The summed E-state index contributed by atoms with van der Waals surface area (Å²) < 4.78 is 5.37. The molecule has 1 spiro atoms. The first-order valence-corrected chi connectivity index (χ1v) is 11.5. The van der Waals surface area contributed by atoms with Gasteiger partial charge in [0.15, 0.2) is 0 Å². The third-order valence-electron chi connectivity index (χ3n) is 7.72. The smallest absolute Gasteiger partial charge is 0.243 e. The summed E-state index contributed by atoms with van der Waals surface area (Å²) in [5, 5.41) is 7.62. The Hall–Kier alpha value is -3.12. The van der Waals surface area contributed by atoms with Crippen molar-refractivity contribution in [2.24, 2.45) is 5.92 Å². The van der Waals surface area contributed by atoms with Crippen LogP contribution in [0, 0.1) is 5.92 Å². The molecule has 0 unspecified atom stereocenters. The molecule has 3 saturated heterocycles. The Morgan fingerprint density at radius 2 is 2.06 bits per heavy atom. The molecule has 3 atom stereocenters. The largest absolute Gasteiger partial charge is 0.497 e. The van der Waals surface area contributed by atoms with E-state index in [4.69, 9.17) is 4.74 Å². The summed E-state index contributed by atoms with van der Waals surface area (Å²) in [5.41, 5.74) is 4.22. The zero-order valence-electron chi connectivity index (χ0n) is 18.3. The van der Waals surface area contributed by atoms with Gasteiger partial charge in [-0.15, -0.1) is 0 Å². The summed E-state index contributed by atoms with van der Waals surface area (Å²) in [6.45, 7) is 2.44. The molecule has 1 amide bonds. The Kier molecular flexibility index (Phi) is 4.57. The number of likely N-dealkylation sites (tertiary alicyclic amines) is 1. The number of carbonyl (C=O) groups is 1. The highest BCUT2D eigenvalue weighted by atomic mass is 16.5. The fourth-order valence-corrected chi connectivity index (χ4v) is 6.39. The lowest BCUT2D eigenvalue weighted by molar-refractivity contribution is -0.137. The van der Waals surface area contributed by atoms with Crippen LogP contribution in [0.4, 0.5) is 0 Å². The molecule has 1 aromatic heterocycles. The molecule has 3 aliphatic heterocycles. The van der Waals surface area contributed by atoms with Crippen molar-refractivity contribution >= 4 is 5.91 Å². The first kappa shape index (κ1) is 19.6. The lowest BCUT2D eigenvalue weighted by Gasteiger charge is -2.33. The fraction of sp³-hybridized carbons (Fsp3) is 0.385. The molecule has 6 rings (SSSR count). The normalized spacial score (nSPS) is 27.0. The molecular formula is C26H28N4O2. The number of amides is 1. The number of methoxy groups -OCH3 is 1. The first-order chi connectivity index (χ1) is 15.7. The number of nitrogens with zero attached hydrogens (tertiary/aromatic N) is 3. The van der Waals surface area contributed by atoms with Crippen molar-refractivity contribution in [3.63, 3.8) is 0 Å². The molecule has 3 aromatic rings. The van der Waals surface area contributed by atoms with Gasteiger partial charge in [0.2, 0.25) is 5.91 Å². The summed E-state index contributed by atoms with van der Waals surface area (Å²) >= 11 is 0. The molecule has 0 bridgehead atoms. The predicted molar refractivity (Wildman–Crippen MR) is 122 cm³/mol. The van der Waals surface area contributed by atoms with E-state index in [0.29, 0.717) is 18.4 Å². The van der Waals surface area contributed by atoms with Crippen LogP contribution in [0.3, 0.4) is 0 Å². The molecular weight excluding hydrogens is 400 g/mol. The molecule has 4 heterocycles. The van der Waals surface area contributed by atoms with E-state index in [9.17, 15) is 4.79 Å². The van der Waals surface area contributed by atoms with Crippen LogP contribution in [-0.4, -0.2) is 51.6 Å². The molecule has 32 heavy (non-hydrogen) atoms. The molecule has 6 heteroatoms. The third-order valence-corrected chi connectivity index (χ3v) is 7.72. The van der Waals surface area contributed by atoms with E-state index in [1.54, 1.807) is 7.11 Å². The summed E-state index contributed by atoms with van der Waals surface area (Å²) in [4.78, 5) is 18.4. The van der Waals surface area contributed by atoms with Gasteiger partial charge >= 0.3 is 0 Å². The van der Waals surface area contributed by atoms with E-state index < -0.39 is 0 Å². The molecule has 0 radical (unpaired) electrons. The zero-order chi connectivity index (χ0) is 21.7. The molecule has 2 aromatic carbocycles. The van der Waals surface area contributed by atoms with Crippen LogP contribution < -0.4 is 4.74 Å². The lowest BCUT2D eigenvalue weighted by atomic mass is 9.85. The lowest BCUT2D eigenvalue weighted by Crippen LogP contribution is -2.49. The standard InChI is InChI=1S/C26H28N4O2/c1-32-21-10-5-7-18(13-21)16-29-17-20-14-23(30-12-6-11-26(20,30)25(29)31)22-15-27-28-24(22)19-8-3-2-4-9-19/h2-5,7-10,13,15,20,23H,6,11-12,14,16-17H2,1H3,(H,27,28)/t20-,23-,26-/m0/s1. The van der Waals surface area contributed by atoms with Crippen molar-refractivity contribution in [1.29, 1.82) is 0 Å². The highest BCUT2D eigenvalue weighted by Gasteiger charge is 2.65. The summed E-state index contributed by atoms with van der Waals surface area (Å²) in [6.07, 6.45) is 5.00. The molecule has 0 saturated carbocycles. The summed E-state index contributed by atoms with van der Waals surface area (Å²) in [5.74, 6) is 1.49. The number of H-pyrrole nitrogens is 1. The average Bonchev–Trinajstić information content (AvgIpc) is 3.58. The quantitative estimate of drug-likeness (QED) is 0.667. The molecule has 0 aliphatic carbocycles. The number of benzene rings is 2. The number of hydrogen-bond donors (Lipinski definition) is 1. The number of aromatic amines is 1. The number of nitrogens with one attached hydrogen (secondary N) is 1. The molecule has 3 aliphatic rings. The summed E-state index contributed by atoms with van der Waals surface area (Å²) in [6, 6.07) is 18.7. The van der Waals surface area contributed by atoms with Crippen LogP contribution in [-0.2, 0) is 11.3 Å². The van der Waals surface area contributed by atoms with E-state index in [1.807, 2.05) is 30.5 Å². The number of aromatic nitrogens is 2. The van der Waals surface area contributed by atoms with Crippen LogP contribution in [0.2, 0.25) is 0 Å². The SMILES string of the molecule is COc1cccc(CN2C[C@@H]3C[C@@H](c4cn[nH]c4-c4ccccc4)N4CCC[C@@]34C2=O)c1. The van der Waals surface area contributed by atoms with Gasteiger partial charge < -0.3 is 9.64 Å². The van der Waals surface area contributed by atoms with Crippen LogP contribution in [0.25, 0.3) is 11.3 Å². The average molecular weight is 429 g/mol. The monoisotopic (exact) mass is 428 g/mol. The van der Waals surface area contributed by atoms with Crippen molar-refractivity contribution in [3.8, 4) is 17.0 Å². The van der Waals surface area contributed by atoms with Crippen molar-refractivity contribution < 1.29 is 9.53 Å². The topological polar surface area (TPSA) is 61.5 Å². The van der Waals surface area contributed by atoms with Crippen LogP contribution in [0.1, 0.15) is 36.4 Å². The van der Waals surface area contributed by atoms with E-state index in [1.165, 1.54) is 5.56 Å². The number of ether oxygens (including phenoxy) is 1.